The van der Waals surface area contributed by atoms with E-state index >= 15 is 0 Å². The van der Waals surface area contributed by atoms with E-state index in [1.54, 1.807) is 37.3 Å². The maximum absolute atomic E-state index is 13.8. The minimum absolute atomic E-state index is 0.0167. The molecule has 0 fully saturated rings. The van der Waals surface area contributed by atoms with E-state index in [0.29, 0.717) is 16.3 Å². The molecular formula is C20H20FN3O4. The Labute approximate surface area is 159 Å². The van der Waals surface area contributed by atoms with Crippen LogP contribution >= 0.6 is 0 Å². The van der Waals surface area contributed by atoms with Crippen LogP contribution in [0.1, 0.15) is 24.9 Å². The summed E-state index contributed by atoms with van der Waals surface area (Å²) in [5, 5.41) is 5.84. The smallest absolute Gasteiger partial charge is 0.273 e. The van der Waals surface area contributed by atoms with Crippen LogP contribution in [0.15, 0.2) is 52.1 Å². The predicted molar refractivity (Wildman–Crippen MR) is 103 cm³/mol. The molecule has 146 valence electrons. The van der Waals surface area contributed by atoms with Crippen molar-refractivity contribution >= 4 is 16.7 Å². The molecule has 8 heteroatoms. The highest BCUT2D eigenvalue weighted by molar-refractivity contribution is 5.80. The van der Waals surface area contributed by atoms with Crippen molar-refractivity contribution in [3.05, 3.63) is 74.6 Å². The number of carbonyl (C=O) groups excluding carboxylic acids is 1. The minimum atomic E-state index is -0.513. The highest BCUT2D eigenvalue weighted by atomic mass is 19.1. The number of carbonyl (C=O) groups is 1. The Morgan fingerprint density at radius 2 is 1.93 bits per heavy atom. The number of amides is 1. The summed E-state index contributed by atoms with van der Waals surface area (Å²) in [6, 6.07) is 10.5. The van der Waals surface area contributed by atoms with Gasteiger partial charge in [0.05, 0.1) is 30.5 Å². The minimum Gasteiger partial charge on any atom is -0.494 e. The summed E-state index contributed by atoms with van der Waals surface area (Å²) in [5.41, 5.74) is -0.172. The van der Waals surface area contributed by atoms with Gasteiger partial charge in [0.1, 0.15) is 0 Å². The number of fused-ring (bicyclic) bond motifs is 1. The summed E-state index contributed by atoms with van der Waals surface area (Å²) < 4.78 is 19.8. The molecule has 3 rings (SSSR count). The van der Waals surface area contributed by atoms with Gasteiger partial charge < -0.3 is 10.1 Å². The SMILES string of the molecule is COc1ccc([C@H](C)NC(=O)CCn2[nH]c(=O)c3ccccc3c2=O)cc1F. The quantitative estimate of drug-likeness (QED) is 0.680. The van der Waals surface area contributed by atoms with Gasteiger partial charge in [-0.05, 0) is 36.8 Å². The van der Waals surface area contributed by atoms with Crippen LogP contribution in [0, 0.1) is 5.82 Å². The van der Waals surface area contributed by atoms with Crippen molar-refractivity contribution in [3.63, 3.8) is 0 Å². The van der Waals surface area contributed by atoms with Crippen molar-refractivity contribution in [2.75, 3.05) is 7.11 Å². The molecule has 1 heterocycles. The molecule has 0 aliphatic rings. The number of rotatable bonds is 6. The number of halogens is 1. The molecule has 0 saturated heterocycles. The number of hydrogen-bond acceptors (Lipinski definition) is 4. The lowest BCUT2D eigenvalue weighted by molar-refractivity contribution is -0.122. The van der Waals surface area contributed by atoms with Crippen LogP contribution in [0.5, 0.6) is 5.75 Å². The molecule has 0 spiro atoms. The molecule has 1 aromatic heterocycles. The van der Waals surface area contributed by atoms with Gasteiger partial charge in [-0.1, -0.05) is 18.2 Å². The Morgan fingerprint density at radius 1 is 1.21 bits per heavy atom. The average molecular weight is 385 g/mol. The fraction of sp³-hybridized carbons (Fsp3) is 0.250. The lowest BCUT2D eigenvalue weighted by Gasteiger charge is -2.15. The first-order valence-corrected chi connectivity index (χ1v) is 8.75. The molecule has 1 atom stereocenters. The van der Waals surface area contributed by atoms with Gasteiger partial charge in [0, 0.05) is 6.42 Å². The molecule has 0 unspecified atom stereocenters. The van der Waals surface area contributed by atoms with Gasteiger partial charge in [-0.2, -0.15) is 0 Å². The highest BCUT2D eigenvalue weighted by Gasteiger charge is 2.13. The number of aromatic nitrogens is 2. The van der Waals surface area contributed by atoms with Gasteiger partial charge >= 0.3 is 0 Å². The molecule has 0 radical (unpaired) electrons. The zero-order valence-corrected chi connectivity index (χ0v) is 15.5. The van der Waals surface area contributed by atoms with Gasteiger partial charge in [-0.15, -0.1) is 0 Å². The van der Waals surface area contributed by atoms with Gasteiger partial charge in [0.2, 0.25) is 5.91 Å². The van der Waals surface area contributed by atoms with Crippen molar-refractivity contribution in [1.29, 1.82) is 0 Å². The second-order valence-electron chi connectivity index (χ2n) is 6.38. The number of H-pyrrole nitrogens is 1. The zero-order valence-electron chi connectivity index (χ0n) is 15.5. The summed E-state index contributed by atoms with van der Waals surface area (Å²) in [6.07, 6.45) is -0.0167. The molecule has 0 aliphatic heterocycles. The summed E-state index contributed by atoms with van der Waals surface area (Å²) in [6.45, 7) is 1.75. The van der Waals surface area contributed by atoms with Gasteiger partial charge in [-0.25, -0.2) is 9.07 Å². The number of benzene rings is 2. The van der Waals surface area contributed by atoms with Gasteiger partial charge in [0.15, 0.2) is 11.6 Å². The molecule has 0 saturated carbocycles. The molecule has 2 aromatic carbocycles. The van der Waals surface area contributed by atoms with E-state index < -0.39 is 17.4 Å². The summed E-state index contributed by atoms with van der Waals surface area (Å²) in [5.74, 6) is -0.715. The third-order valence-electron chi connectivity index (χ3n) is 4.50. The predicted octanol–water partition coefficient (Wildman–Crippen LogP) is 2.10. The monoisotopic (exact) mass is 385 g/mol. The fourth-order valence-corrected chi connectivity index (χ4v) is 2.97. The number of ether oxygens (including phenoxy) is 1. The molecule has 3 aromatic rings. The Balaban J connectivity index is 1.68. The lowest BCUT2D eigenvalue weighted by Crippen LogP contribution is -2.33. The van der Waals surface area contributed by atoms with Crippen LogP contribution in [-0.2, 0) is 11.3 Å². The van der Waals surface area contributed by atoms with Gasteiger partial charge in [0.25, 0.3) is 11.1 Å². The Kier molecular flexibility index (Phi) is 5.58. The number of hydrogen-bond donors (Lipinski definition) is 2. The largest absolute Gasteiger partial charge is 0.494 e. The first kappa shape index (κ1) is 19.3. The molecule has 0 bridgehead atoms. The van der Waals surface area contributed by atoms with Crippen LogP contribution in [0.4, 0.5) is 4.39 Å². The molecule has 2 N–H and O–H groups in total. The van der Waals surface area contributed by atoms with E-state index in [0.717, 1.165) is 4.68 Å². The van der Waals surface area contributed by atoms with Crippen LogP contribution in [0.3, 0.4) is 0 Å². The van der Waals surface area contributed by atoms with Gasteiger partial charge in [-0.3, -0.25) is 19.5 Å². The average Bonchev–Trinajstić information content (AvgIpc) is 2.69. The van der Waals surface area contributed by atoms with Crippen LogP contribution in [0.2, 0.25) is 0 Å². The molecular weight excluding hydrogens is 365 g/mol. The number of methoxy groups -OCH3 is 1. The van der Waals surface area contributed by atoms with Crippen molar-refractivity contribution < 1.29 is 13.9 Å². The number of aromatic amines is 1. The fourth-order valence-electron chi connectivity index (χ4n) is 2.97. The molecule has 1 amide bonds. The van der Waals surface area contributed by atoms with Crippen LogP contribution in [0.25, 0.3) is 10.8 Å². The van der Waals surface area contributed by atoms with Crippen LogP contribution in [-0.4, -0.2) is 22.8 Å². The van der Waals surface area contributed by atoms with E-state index in [9.17, 15) is 18.8 Å². The molecule has 28 heavy (non-hydrogen) atoms. The maximum atomic E-state index is 13.8. The second kappa shape index (κ2) is 8.08. The van der Waals surface area contributed by atoms with Crippen molar-refractivity contribution in [2.45, 2.75) is 25.9 Å². The third kappa shape index (κ3) is 3.95. The summed E-state index contributed by atoms with van der Waals surface area (Å²) >= 11 is 0. The number of nitrogens with zero attached hydrogens (tertiary/aromatic N) is 1. The van der Waals surface area contributed by atoms with Crippen LogP contribution < -0.4 is 21.2 Å². The zero-order chi connectivity index (χ0) is 20.3. The Hall–Kier alpha value is -3.42. The third-order valence-corrected chi connectivity index (χ3v) is 4.50. The lowest BCUT2D eigenvalue weighted by atomic mass is 10.1. The number of nitrogens with one attached hydrogen (secondary N) is 2. The van der Waals surface area contributed by atoms with Crippen molar-refractivity contribution in [1.82, 2.24) is 15.1 Å². The summed E-state index contributed by atoms with van der Waals surface area (Å²) in [4.78, 5) is 36.8. The topological polar surface area (TPSA) is 93.2 Å². The van der Waals surface area contributed by atoms with E-state index in [-0.39, 0.29) is 30.2 Å². The Bertz CT molecular complexity index is 1140. The van der Waals surface area contributed by atoms with E-state index in [4.69, 9.17) is 4.74 Å². The maximum Gasteiger partial charge on any atom is 0.273 e. The molecule has 7 nitrogen and oxygen atoms in total. The number of aryl methyl sites for hydroxylation is 1. The summed E-state index contributed by atoms with van der Waals surface area (Å²) in [7, 11) is 1.38. The van der Waals surface area contributed by atoms with Crippen molar-refractivity contribution in [3.8, 4) is 5.75 Å². The standard InChI is InChI=1S/C20H20FN3O4/c1-12(13-7-8-17(28-2)16(21)11-13)22-18(25)9-10-24-20(27)15-6-4-3-5-14(15)19(26)23-24/h3-8,11-12H,9-10H2,1-2H3,(H,22,25)(H,23,26)/t12-/m0/s1. The van der Waals surface area contributed by atoms with E-state index in [1.165, 1.54) is 19.2 Å². The first-order valence-electron chi connectivity index (χ1n) is 8.75. The first-order chi connectivity index (χ1) is 13.4. The van der Waals surface area contributed by atoms with Crippen molar-refractivity contribution in [2.24, 2.45) is 0 Å². The van der Waals surface area contributed by atoms with E-state index in [2.05, 4.69) is 10.4 Å². The Morgan fingerprint density at radius 3 is 2.61 bits per heavy atom. The van der Waals surface area contributed by atoms with E-state index in [1.807, 2.05) is 0 Å². The normalized spacial score (nSPS) is 12.0. The second-order valence-corrected chi connectivity index (χ2v) is 6.38. The molecule has 0 aliphatic carbocycles. The highest BCUT2D eigenvalue weighted by Crippen LogP contribution is 2.21.